The molecule has 0 aliphatic rings. The van der Waals surface area contributed by atoms with Gasteiger partial charge >= 0.3 is 6.09 Å². The lowest BCUT2D eigenvalue weighted by molar-refractivity contribution is -0.251. The molecule has 0 aliphatic carbocycles. The second-order valence-electron chi connectivity index (χ2n) is 6.57. The van der Waals surface area contributed by atoms with Gasteiger partial charge in [0, 0.05) is 12.6 Å². The van der Waals surface area contributed by atoms with E-state index in [4.69, 9.17) is 4.74 Å². The summed E-state index contributed by atoms with van der Waals surface area (Å²) in [5.74, 6) is 0.205. The Morgan fingerprint density at radius 1 is 1.25 bits per heavy atom. The zero-order valence-electron chi connectivity index (χ0n) is 14.3. The molecule has 24 heavy (non-hydrogen) atoms. The first-order chi connectivity index (χ1) is 11.2. The number of carbonyl (C=O) groups is 2. The van der Waals surface area contributed by atoms with E-state index in [1.165, 1.54) is 0 Å². The molecule has 2 amide bonds. The van der Waals surface area contributed by atoms with Crippen molar-refractivity contribution < 1.29 is 24.5 Å². The van der Waals surface area contributed by atoms with E-state index in [-0.39, 0.29) is 12.3 Å². The Morgan fingerprint density at radius 3 is 2.42 bits per heavy atom. The van der Waals surface area contributed by atoms with E-state index in [1.807, 2.05) is 12.1 Å². The summed E-state index contributed by atoms with van der Waals surface area (Å²) in [5, 5.41) is 24.8. The highest BCUT2D eigenvalue weighted by atomic mass is 16.6. The Bertz CT molecular complexity index is 537. The van der Waals surface area contributed by atoms with Gasteiger partial charge in [-0.15, -0.1) is 0 Å². The molecule has 7 nitrogen and oxygen atoms in total. The van der Waals surface area contributed by atoms with E-state index in [9.17, 15) is 19.8 Å². The van der Waals surface area contributed by atoms with Crippen LogP contribution in [0.25, 0.3) is 0 Å². The lowest BCUT2D eigenvalue weighted by Gasteiger charge is -2.23. The number of carboxylic acid groups (broad SMARTS) is 1. The number of alkyl carbamates (subject to hydrolysis) is 1. The fourth-order valence-corrected chi connectivity index (χ4v) is 2.13. The zero-order valence-corrected chi connectivity index (χ0v) is 14.3. The second kappa shape index (κ2) is 9.00. The van der Waals surface area contributed by atoms with Crippen molar-refractivity contribution in [1.29, 1.82) is 0 Å². The smallest absolute Gasteiger partial charge is 0.407 e. The monoisotopic (exact) mass is 337 g/mol. The van der Waals surface area contributed by atoms with Gasteiger partial charge < -0.3 is 30.4 Å². The lowest BCUT2D eigenvalue weighted by atomic mass is 10.0. The fourth-order valence-electron chi connectivity index (χ4n) is 2.13. The number of amides is 2. The standard InChI is InChI=1S/C17H26N2O5/c1-17(2,3)24-16(23)18-11-13(19-15(21)22)6-4-5-12-7-9-14(20)10-8-12/h7-10,13,19-20H,4-6,11H2,1-3H3,(H,18,23)(H,21,22)/p-1/t13-/m0/s1. The van der Waals surface area contributed by atoms with Gasteiger partial charge in [0.25, 0.3) is 0 Å². The number of hydrogen-bond donors (Lipinski definition) is 3. The molecule has 1 atom stereocenters. The van der Waals surface area contributed by atoms with E-state index in [0.717, 1.165) is 12.0 Å². The van der Waals surface area contributed by atoms with Crippen LogP contribution in [-0.4, -0.2) is 35.5 Å². The minimum atomic E-state index is -1.38. The number of ether oxygens (including phenoxy) is 1. The van der Waals surface area contributed by atoms with Crippen LogP contribution in [0.4, 0.5) is 9.59 Å². The van der Waals surface area contributed by atoms with Crippen molar-refractivity contribution in [3.8, 4) is 5.75 Å². The molecule has 0 unspecified atom stereocenters. The number of phenolic OH excluding ortho intramolecular Hbond substituents is 1. The highest BCUT2D eigenvalue weighted by Crippen LogP contribution is 2.12. The molecule has 0 heterocycles. The predicted octanol–water partition coefficient (Wildman–Crippen LogP) is 1.54. The molecule has 1 aromatic rings. The van der Waals surface area contributed by atoms with E-state index >= 15 is 0 Å². The van der Waals surface area contributed by atoms with Crippen LogP contribution in [-0.2, 0) is 11.2 Å². The molecule has 0 spiro atoms. The van der Waals surface area contributed by atoms with Crippen LogP contribution >= 0.6 is 0 Å². The summed E-state index contributed by atoms with van der Waals surface area (Å²) in [6.07, 6.45) is 0.00992. The maximum Gasteiger partial charge on any atom is 0.407 e. The molecule has 0 aromatic heterocycles. The van der Waals surface area contributed by atoms with Crippen molar-refractivity contribution in [3.05, 3.63) is 29.8 Å². The Balaban J connectivity index is 2.42. The maximum atomic E-state index is 11.6. The van der Waals surface area contributed by atoms with Gasteiger partial charge in [-0.3, -0.25) is 0 Å². The van der Waals surface area contributed by atoms with Gasteiger partial charge in [0.2, 0.25) is 0 Å². The third kappa shape index (κ3) is 8.87. The molecular formula is C17H25N2O5-. The average Bonchev–Trinajstić information content (AvgIpc) is 2.44. The minimum Gasteiger partial charge on any atom is -0.530 e. The second-order valence-corrected chi connectivity index (χ2v) is 6.57. The van der Waals surface area contributed by atoms with Gasteiger partial charge in [-0.25, -0.2) is 4.79 Å². The molecule has 0 fully saturated rings. The quantitative estimate of drug-likeness (QED) is 0.699. The van der Waals surface area contributed by atoms with Crippen LogP contribution in [0.5, 0.6) is 5.75 Å². The van der Waals surface area contributed by atoms with E-state index in [2.05, 4.69) is 10.6 Å². The molecule has 0 saturated heterocycles. The number of nitrogens with one attached hydrogen (secondary N) is 2. The first-order valence-electron chi connectivity index (χ1n) is 7.88. The number of carbonyl (C=O) groups excluding carboxylic acids is 2. The van der Waals surface area contributed by atoms with Gasteiger partial charge in [0.05, 0.1) is 0 Å². The van der Waals surface area contributed by atoms with E-state index in [1.54, 1.807) is 32.9 Å². The molecule has 7 heteroatoms. The summed E-state index contributed by atoms with van der Waals surface area (Å²) < 4.78 is 5.11. The van der Waals surface area contributed by atoms with Crippen LogP contribution in [0.1, 0.15) is 39.2 Å². The third-order valence-electron chi connectivity index (χ3n) is 3.17. The summed E-state index contributed by atoms with van der Waals surface area (Å²) in [7, 11) is 0. The Labute approximate surface area is 142 Å². The first kappa shape index (κ1) is 19.6. The number of phenols is 1. The predicted molar refractivity (Wildman–Crippen MR) is 87.6 cm³/mol. The van der Waals surface area contributed by atoms with Gasteiger partial charge in [-0.2, -0.15) is 0 Å². The molecule has 0 radical (unpaired) electrons. The first-order valence-corrected chi connectivity index (χ1v) is 7.88. The Morgan fingerprint density at radius 2 is 1.88 bits per heavy atom. The van der Waals surface area contributed by atoms with Crippen LogP contribution in [0.15, 0.2) is 24.3 Å². The molecule has 0 aliphatic heterocycles. The summed E-state index contributed by atoms with van der Waals surface area (Å²) in [5.41, 5.74) is 0.431. The van der Waals surface area contributed by atoms with Crippen molar-refractivity contribution in [2.75, 3.05) is 6.54 Å². The number of benzene rings is 1. The highest BCUT2D eigenvalue weighted by molar-refractivity contribution is 5.68. The van der Waals surface area contributed by atoms with Crippen molar-refractivity contribution in [1.82, 2.24) is 10.6 Å². The topological polar surface area (TPSA) is 111 Å². The Hall–Kier alpha value is -2.44. The van der Waals surface area contributed by atoms with Crippen molar-refractivity contribution in [2.45, 2.75) is 51.7 Å². The van der Waals surface area contributed by atoms with Gasteiger partial charge in [0.15, 0.2) is 0 Å². The molecular weight excluding hydrogens is 312 g/mol. The van der Waals surface area contributed by atoms with Crippen LogP contribution in [0.3, 0.4) is 0 Å². The summed E-state index contributed by atoms with van der Waals surface area (Å²) in [6, 6.07) is 6.39. The summed E-state index contributed by atoms with van der Waals surface area (Å²) in [4.78, 5) is 22.4. The normalized spacial score (nSPS) is 12.3. The van der Waals surface area contributed by atoms with E-state index < -0.39 is 23.8 Å². The Kier molecular flexibility index (Phi) is 7.35. The largest absolute Gasteiger partial charge is 0.530 e. The number of hydrogen-bond acceptors (Lipinski definition) is 5. The highest BCUT2D eigenvalue weighted by Gasteiger charge is 2.17. The minimum absolute atomic E-state index is 0.123. The summed E-state index contributed by atoms with van der Waals surface area (Å²) in [6.45, 7) is 5.38. The third-order valence-corrected chi connectivity index (χ3v) is 3.17. The summed E-state index contributed by atoms with van der Waals surface area (Å²) >= 11 is 0. The molecule has 134 valence electrons. The lowest BCUT2D eigenvalue weighted by Crippen LogP contribution is -2.49. The maximum absolute atomic E-state index is 11.6. The van der Waals surface area contributed by atoms with Crippen LogP contribution < -0.4 is 15.7 Å². The van der Waals surface area contributed by atoms with Gasteiger partial charge in [-0.1, -0.05) is 12.1 Å². The van der Waals surface area contributed by atoms with Crippen molar-refractivity contribution in [3.63, 3.8) is 0 Å². The van der Waals surface area contributed by atoms with Crippen molar-refractivity contribution >= 4 is 12.2 Å². The molecule has 0 saturated carbocycles. The van der Waals surface area contributed by atoms with Gasteiger partial charge in [0.1, 0.15) is 17.4 Å². The zero-order chi connectivity index (χ0) is 18.2. The number of rotatable bonds is 7. The molecule has 0 bridgehead atoms. The SMILES string of the molecule is CC(C)(C)OC(=O)NC[C@H](CCCc1ccc(O)cc1)NC(=O)[O-]. The van der Waals surface area contributed by atoms with Crippen LogP contribution in [0.2, 0.25) is 0 Å². The van der Waals surface area contributed by atoms with E-state index in [0.29, 0.717) is 12.8 Å². The fraction of sp³-hybridized carbons (Fsp3) is 0.529. The number of aryl methyl sites for hydroxylation is 1. The van der Waals surface area contributed by atoms with Gasteiger partial charge in [-0.05, 0) is 57.7 Å². The molecule has 3 N–H and O–H groups in total. The van der Waals surface area contributed by atoms with Crippen LogP contribution in [0, 0.1) is 0 Å². The average molecular weight is 337 g/mol. The molecule has 1 aromatic carbocycles. The molecule has 1 rings (SSSR count). The number of aromatic hydroxyl groups is 1. The van der Waals surface area contributed by atoms with Crippen molar-refractivity contribution in [2.24, 2.45) is 0 Å².